The van der Waals surface area contributed by atoms with E-state index in [-0.39, 0.29) is 11.7 Å². The molecular formula is C16H16FNO2. The smallest absolute Gasteiger partial charge is 0.265 e. The summed E-state index contributed by atoms with van der Waals surface area (Å²) in [5, 5.41) is 2.67. The van der Waals surface area contributed by atoms with Gasteiger partial charge < -0.3 is 10.1 Å². The van der Waals surface area contributed by atoms with Crippen molar-refractivity contribution >= 4 is 11.6 Å². The number of benzene rings is 2. The quantitative estimate of drug-likeness (QED) is 0.925. The molecule has 0 bridgehead atoms. The predicted octanol–water partition coefficient (Wildman–Crippen LogP) is 3.54. The average molecular weight is 273 g/mol. The minimum absolute atomic E-state index is 0.280. The van der Waals surface area contributed by atoms with E-state index in [4.69, 9.17) is 4.74 Å². The second kappa shape index (κ2) is 6.19. The molecule has 2 aromatic carbocycles. The summed E-state index contributed by atoms with van der Waals surface area (Å²) in [6, 6.07) is 13.1. The first kappa shape index (κ1) is 14.1. The summed E-state index contributed by atoms with van der Waals surface area (Å²) in [5.74, 6) is 0.0153. The van der Waals surface area contributed by atoms with E-state index in [9.17, 15) is 9.18 Å². The van der Waals surface area contributed by atoms with Crippen molar-refractivity contribution in [2.45, 2.75) is 20.0 Å². The lowest BCUT2D eigenvalue weighted by atomic mass is 10.2. The summed E-state index contributed by atoms with van der Waals surface area (Å²) < 4.78 is 18.3. The molecule has 20 heavy (non-hydrogen) atoms. The number of aryl methyl sites for hydroxylation is 1. The van der Waals surface area contributed by atoms with Crippen molar-refractivity contribution in [1.29, 1.82) is 0 Å². The normalized spacial score (nSPS) is 11.8. The third-order valence-electron chi connectivity index (χ3n) is 2.81. The average Bonchev–Trinajstić information content (AvgIpc) is 2.44. The number of anilines is 1. The van der Waals surface area contributed by atoms with Gasteiger partial charge in [-0.1, -0.05) is 17.7 Å². The van der Waals surface area contributed by atoms with Crippen molar-refractivity contribution in [3.63, 3.8) is 0 Å². The van der Waals surface area contributed by atoms with E-state index >= 15 is 0 Å². The molecule has 0 saturated carbocycles. The van der Waals surface area contributed by atoms with Crippen LogP contribution in [0.5, 0.6) is 5.75 Å². The molecule has 0 heterocycles. The first-order valence-electron chi connectivity index (χ1n) is 6.34. The Labute approximate surface area is 117 Å². The van der Waals surface area contributed by atoms with E-state index in [2.05, 4.69) is 5.32 Å². The zero-order valence-electron chi connectivity index (χ0n) is 11.4. The van der Waals surface area contributed by atoms with Crippen LogP contribution in [0.4, 0.5) is 10.1 Å². The second-order valence-corrected chi connectivity index (χ2v) is 4.57. The van der Waals surface area contributed by atoms with E-state index in [1.165, 1.54) is 24.3 Å². The van der Waals surface area contributed by atoms with E-state index in [0.29, 0.717) is 11.4 Å². The van der Waals surface area contributed by atoms with Crippen molar-refractivity contribution in [1.82, 2.24) is 0 Å². The van der Waals surface area contributed by atoms with Gasteiger partial charge in [0.2, 0.25) is 0 Å². The van der Waals surface area contributed by atoms with Crippen molar-refractivity contribution in [3.8, 4) is 5.75 Å². The molecule has 0 saturated heterocycles. The fourth-order valence-electron chi connectivity index (χ4n) is 1.65. The molecule has 0 aliphatic carbocycles. The Morgan fingerprint density at radius 1 is 1.10 bits per heavy atom. The third-order valence-corrected chi connectivity index (χ3v) is 2.81. The van der Waals surface area contributed by atoms with Crippen LogP contribution in [-0.4, -0.2) is 12.0 Å². The summed E-state index contributed by atoms with van der Waals surface area (Å²) in [4.78, 5) is 11.9. The highest BCUT2D eigenvalue weighted by Gasteiger charge is 2.14. The minimum Gasteiger partial charge on any atom is -0.481 e. The second-order valence-electron chi connectivity index (χ2n) is 4.57. The topological polar surface area (TPSA) is 38.3 Å². The van der Waals surface area contributed by atoms with Crippen molar-refractivity contribution in [2.75, 3.05) is 5.32 Å². The molecule has 0 aliphatic heterocycles. The fourth-order valence-corrected chi connectivity index (χ4v) is 1.65. The zero-order chi connectivity index (χ0) is 14.5. The first-order valence-corrected chi connectivity index (χ1v) is 6.34. The van der Waals surface area contributed by atoms with Crippen LogP contribution in [0.1, 0.15) is 12.5 Å². The lowest BCUT2D eigenvalue weighted by Gasteiger charge is -2.14. The fraction of sp³-hybridized carbons (Fsp3) is 0.188. The molecule has 4 heteroatoms. The van der Waals surface area contributed by atoms with Gasteiger partial charge in [0.05, 0.1) is 0 Å². The van der Waals surface area contributed by atoms with Crippen LogP contribution in [0, 0.1) is 12.7 Å². The summed E-state index contributed by atoms with van der Waals surface area (Å²) in [6.07, 6.45) is -0.636. The Bertz CT molecular complexity index is 578. The molecule has 3 nitrogen and oxygen atoms in total. The number of hydrogen-bond donors (Lipinski definition) is 1. The monoisotopic (exact) mass is 273 g/mol. The molecule has 1 atom stereocenters. The Morgan fingerprint density at radius 3 is 2.30 bits per heavy atom. The largest absolute Gasteiger partial charge is 0.481 e. The van der Waals surface area contributed by atoms with E-state index in [1.807, 2.05) is 31.2 Å². The first-order chi connectivity index (χ1) is 9.54. The molecule has 0 spiro atoms. The van der Waals surface area contributed by atoms with Crippen LogP contribution < -0.4 is 10.1 Å². The Balaban J connectivity index is 1.94. The van der Waals surface area contributed by atoms with Crippen molar-refractivity contribution in [2.24, 2.45) is 0 Å². The lowest BCUT2D eigenvalue weighted by molar-refractivity contribution is -0.122. The standard InChI is InChI=1S/C16H16FNO2/c1-11-3-9-15(10-4-11)20-12(2)16(19)18-14-7-5-13(17)6-8-14/h3-10,12H,1-2H3,(H,18,19). The Morgan fingerprint density at radius 2 is 1.70 bits per heavy atom. The molecule has 0 fully saturated rings. The third kappa shape index (κ3) is 3.82. The van der Waals surface area contributed by atoms with Crippen LogP contribution >= 0.6 is 0 Å². The lowest BCUT2D eigenvalue weighted by Crippen LogP contribution is -2.30. The predicted molar refractivity (Wildman–Crippen MR) is 76.3 cm³/mol. The Kier molecular flexibility index (Phi) is 4.35. The number of amides is 1. The van der Waals surface area contributed by atoms with Gasteiger partial charge in [0.1, 0.15) is 11.6 Å². The molecule has 0 radical (unpaired) electrons. The number of rotatable bonds is 4. The number of carbonyl (C=O) groups excluding carboxylic acids is 1. The highest BCUT2D eigenvalue weighted by Crippen LogP contribution is 2.14. The van der Waals surface area contributed by atoms with Gasteiger partial charge in [-0.2, -0.15) is 0 Å². The van der Waals surface area contributed by atoms with Gasteiger partial charge in [0.15, 0.2) is 6.10 Å². The molecule has 0 aromatic heterocycles. The minimum atomic E-state index is -0.636. The van der Waals surface area contributed by atoms with Gasteiger partial charge >= 0.3 is 0 Å². The highest BCUT2D eigenvalue weighted by atomic mass is 19.1. The zero-order valence-corrected chi connectivity index (χ0v) is 11.4. The van der Waals surface area contributed by atoms with Crippen LogP contribution in [0.15, 0.2) is 48.5 Å². The maximum Gasteiger partial charge on any atom is 0.265 e. The van der Waals surface area contributed by atoms with E-state index in [0.717, 1.165) is 5.56 Å². The van der Waals surface area contributed by atoms with Crippen LogP contribution in [0.2, 0.25) is 0 Å². The van der Waals surface area contributed by atoms with Crippen LogP contribution in [-0.2, 0) is 4.79 Å². The molecule has 2 aromatic rings. The molecule has 104 valence electrons. The molecule has 0 aliphatic rings. The molecule has 1 unspecified atom stereocenters. The maximum absolute atomic E-state index is 12.8. The number of ether oxygens (including phenoxy) is 1. The van der Waals surface area contributed by atoms with Gasteiger partial charge in [-0.3, -0.25) is 4.79 Å². The van der Waals surface area contributed by atoms with Gasteiger partial charge in [-0.05, 0) is 50.2 Å². The van der Waals surface area contributed by atoms with Gasteiger partial charge in [-0.25, -0.2) is 4.39 Å². The van der Waals surface area contributed by atoms with Crippen LogP contribution in [0.3, 0.4) is 0 Å². The van der Waals surface area contributed by atoms with Crippen molar-refractivity contribution < 1.29 is 13.9 Å². The number of halogens is 1. The SMILES string of the molecule is Cc1ccc(OC(C)C(=O)Nc2ccc(F)cc2)cc1. The van der Waals surface area contributed by atoms with Gasteiger partial charge in [0, 0.05) is 5.69 Å². The number of hydrogen-bond acceptors (Lipinski definition) is 2. The summed E-state index contributed by atoms with van der Waals surface area (Å²) >= 11 is 0. The summed E-state index contributed by atoms with van der Waals surface area (Å²) in [6.45, 7) is 3.65. The van der Waals surface area contributed by atoms with Crippen molar-refractivity contribution in [3.05, 3.63) is 59.9 Å². The van der Waals surface area contributed by atoms with Crippen LogP contribution in [0.25, 0.3) is 0 Å². The molecular weight excluding hydrogens is 257 g/mol. The summed E-state index contributed by atoms with van der Waals surface area (Å²) in [7, 11) is 0. The highest BCUT2D eigenvalue weighted by molar-refractivity contribution is 5.94. The Hall–Kier alpha value is -2.36. The van der Waals surface area contributed by atoms with Gasteiger partial charge in [-0.15, -0.1) is 0 Å². The number of carbonyl (C=O) groups is 1. The van der Waals surface area contributed by atoms with E-state index < -0.39 is 6.10 Å². The summed E-state index contributed by atoms with van der Waals surface area (Å²) in [5.41, 5.74) is 1.66. The van der Waals surface area contributed by atoms with Gasteiger partial charge in [0.25, 0.3) is 5.91 Å². The molecule has 2 rings (SSSR count). The van der Waals surface area contributed by atoms with E-state index in [1.54, 1.807) is 6.92 Å². The molecule has 1 amide bonds. The molecule has 1 N–H and O–H groups in total. The maximum atomic E-state index is 12.8. The number of nitrogens with one attached hydrogen (secondary N) is 1.